The highest BCUT2D eigenvalue weighted by Crippen LogP contribution is 2.15. The highest BCUT2D eigenvalue weighted by atomic mass is 35.5. The number of Topliss-reactive ketones (excluding diaryl/α,β-unsaturated/α-hetero) is 2. The van der Waals surface area contributed by atoms with Crippen LogP contribution in [0.4, 0.5) is 0 Å². The van der Waals surface area contributed by atoms with Crippen molar-refractivity contribution >= 4 is 29.2 Å². The molecule has 0 aliphatic heterocycles. The molecular formula is C18H19ClO4. The number of carbonyl (C=O) groups excluding carboxylic acids is 2. The standard InChI is InChI=1S/C18H19ClO4/c1-12(22)18(13(2)23)8-7-17(19)6-4-14-3-5-15(10-20)16(9-14)11-21/h3-9,20-21H,10-11H2,1-2H3/b6-4+,17-7-. The van der Waals surface area contributed by atoms with Crippen LogP contribution in [-0.2, 0) is 22.8 Å². The van der Waals surface area contributed by atoms with Crippen molar-refractivity contribution in [1.82, 2.24) is 0 Å². The lowest BCUT2D eigenvalue weighted by atomic mass is 10.0. The van der Waals surface area contributed by atoms with Crippen molar-refractivity contribution < 1.29 is 19.8 Å². The lowest BCUT2D eigenvalue weighted by Crippen LogP contribution is -2.05. The number of benzene rings is 1. The van der Waals surface area contributed by atoms with Crippen molar-refractivity contribution in [1.29, 1.82) is 0 Å². The molecule has 0 aliphatic rings. The van der Waals surface area contributed by atoms with Crippen LogP contribution in [0.3, 0.4) is 0 Å². The van der Waals surface area contributed by atoms with Crippen molar-refractivity contribution in [2.45, 2.75) is 27.1 Å². The molecule has 0 bridgehead atoms. The first kappa shape index (κ1) is 19.0. The molecule has 0 aromatic heterocycles. The predicted molar refractivity (Wildman–Crippen MR) is 90.7 cm³/mol. The molecule has 1 rings (SSSR count). The van der Waals surface area contributed by atoms with E-state index in [1.807, 2.05) is 0 Å². The van der Waals surface area contributed by atoms with Crippen LogP contribution in [0.1, 0.15) is 30.5 Å². The molecule has 2 N–H and O–H groups in total. The van der Waals surface area contributed by atoms with Crippen LogP contribution in [0.5, 0.6) is 0 Å². The Morgan fingerprint density at radius 3 is 2.17 bits per heavy atom. The minimum atomic E-state index is -0.311. The van der Waals surface area contributed by atoms with Gasteiger partial charge < -0.3 is 10.2 Å². The summed E-state index contributed by atoms with van der Waals surface area (Å²) in [7, 11) is 0. The minimum Gasteiger partial charge on any atom is -0.392 e. The van der Waals surface area contributed by atoms with Gasteiger partial charge in [-0.2, -0.15) is 0 Å². The van der Waals surface area contributed by atoms with Gasteiger partial charge in [0, 0.05) is 5.03 Å². The van der Waals surface area contributed by atoms with E-state index in [1.54, 1.807) is 30.4 Å². The first-order chi connectivity index (χ1) is 10.9. The molecule has 0 heterocycles. The summed E-state index contributed by atoms with van der Waals surface area (Å²) in [5.74, 6) is -0.622. The van der Waals surface area contributed by atoms with Gasteiger partial charge in [0.05, 0.1) is 18.8 Å². The number of aliphatic hydroxyl groups is 2. The molecule has 4 nitrogen and oxygen atoms in total. The van der Waals surface area contributed by atoms with Crippen molar-refractivity contribution in [2.75, 3.05) is 0 Å². The summed E-state index contributed by atoms with van der Waals surface area (Å²) in [6.45, 7) is 2.35. The van der Waals surface area contributed by atoms with E-state index >= 15 is 0 Å². The maximum Gasteiger partial charge on any atom is 0.163 e. The average Bonchev–Trinajstić information content (AvgIpc) is 2.51. The number of rotatable bonds is 7. The smallest absolute Gasteiger partial charge is 0.163 e. The quantitative estimate of drug-likeness (QED) is 0.348. The Hall–Kier alpha value is -2.01. The van der Waals surface area contributed by atoms with E-state index in [0.29, 0.717) is 16.2 Å². The van der Waals surface area contributed by atoms with Gasteiger partial charge in [-0.1, -0.05) is 29.8 Å². The van der Waals surface area contributed by atoms with Crippen molar-refractivity contribution in [3.8, 4) is 0 Å². The average molecular weight is 335 g/mol. The van der Waals surface area contributed by atoms with Gasteiger partial charge in [-0.15, -0.1) is 0 Å². The molecule has 1 aromatic carbocycles. The minimum absolute atomic E-state index is 0.0893. The molecule has 0 aliphatic carbocycles. The first-order valence-electron chi connectivity index (χ1n) is 7.00. The third-order valence-electron chi connectivity index (χ3n) is 3.17. The highest BCUT2D eigenvalue weighted by molar-refractivity contribution is 6.31. The number of hydrogen-bond donors (Lipinski definition) is 2. The van der Waals surface area contributed by atoms with E-state index in [2.05, 4.69) is 0 Å². The van der Waals surface area contributed by atoms with E-state index < -0.39 is 0 Å². The molecule has 0 spiro atoms. The Morgan fingerprint density at radius 1 is 1.04 bits per heavy atom. The molecule has 0 radical (unpaired) electrons. The maximum atomic E-state index is 11.3. The molecule has 0 atom stereocenters. The summed E-state index contributed by atoms with van der Waals surface area (Å²) in [6, 6.07) is 5.27. The summed E-state index contributed by atoms with van der Waals surface area (Å²) in [4.78, 5) is 22.6. The molecule has 0 saturated heterocycles. The second kappa shape index (κ2) is 9.20. The number of hydrogen-bond acceptors (Lipinski definition) is 4. The molecule has 23 heavy (non-hydrogen) atoms. The summed E-state index contributed by atoms with van der Waals surface area (Å²) in [5, 5.41) is 18.8. The molecule has 122 valence electrons. The Balaban J connectivity index is 2.96. The monoisotopic (exact) mass is 334 g/mol. The SMILES string of the molecule is CC(=O)C(=C/C=C(Cl)/C=C/c1ccc(CO)c(CO)c1)C(C)=O. The summed E-state index contributed by atoms with van der Waals surface area (Å²) < 4.78 is 0. The first-order valence-corrected chi connectivity index (χ1v) is 7.37. The third-order valence-corrected chi connectivity index (χ3v) is 3.43. The Bertz CT molecular complexity index is 668. The fourth-order valence-electron chi connectivity index (χ4n) is 1.93. The lowest BCUT2D eigenvalue weighted by molar-refractivity contribution is -0.119. The molecule has 5 heteroatoms. The predicted octanol–water partition coefficient (Wildman–Crippen LogP) is 2.91. The number of aliphatic hydroxyl groups excluding tert-OH is 2. The molecule has 0 saturated carbocycles. The van der Waals surface area contributed by atoms with Gasteiger partial charge in [-0.05, 0) is 54.8 Å². The van der Waals surface area contributed by atoms with Crippen LogP contribution in [0.15, 0.2) is 47.0 Å². The fourth-order valence-corrected chi connectivity index (χ4v) is 2.05. The van der Waals surface area contributed by atoms with Crippen molar-refractivity contribution in [3.05, 3.63) is 63.7 Å². The van der Waals surface area contributed by atoms with Crippen LogP contribution in [0.25, 0.3) is 6.08 Å². The highest BCUT2D eigenvalue weighted by Gasteiger charge is 2.07. The summed E-state index contributed by atoms with van der Waals surface area (Å²) >= 11 is 6.03. The second-order valence-electron chi connectivity index (χ2n) is 4.92. The Morgan fingerprint density at radius 2 is 1.65 bits per heavy atom. The largest absolute Gasteiger partial charge is 0.392 e. The molecule has 1 aromatic rings. The van der Waals surface area contributed by atoms with Gasteiger partial charge in [-0.25, -0.2) is 0 Å². The maximum absolute atomic E-state index is 11.3. The number of halogens is 1. The van der Waals surface area contributed by atoms with Crippen LogP contribution >= 0.6 is 11.6 Å². The number of ketones is 2. The van der Waals surface area contributed by atoms with Crippen LogP contribution in [-0.4, -0.2) is 21.8 Å². The zero-order chi connectivity index (χ0) is 17.4. The van der Waals surface area contributed by atoms with Gasteiger partial charge in [-0.3, -0.25) is 9.59 Å². The Kier molecular flexibility index (Phi) is 7.62. The topological polar surface area (TPSA) is 74.6 Å². The van der Waals surface area contributed by atoms with Crippen molar-refractivity contribution in [3.63, 3.8) is 0 Å². The normalized spacial score (nSPS) is 11.6. The fraction of sp³-hybridized carbons (Fsp3) is 0.222. The molecule has 0 amide bonds. The molecule has 0 unspecified atom stereocenters. The molecular weight excluding hydrogens is 316 g/mol. The summed E-state index contributed by atoms with van der Waals surface area (Å²) in [5.41, 5.74) is 2.21. The van der Waals surface area contributed by atoms with Crippen molar-refractivity contribution in [2.24, 2.45) is 0 Å². The van der Waals surface area contributed by atoms with E-state index in [9.17, 15) is 14.7 Å². The molecule has 0 fully saturated rings. The Labute approximate surface area is 140 Å². The van der Waals surface area contributed by atoms with Gasteiger partial charge in [0.25, 0.3) is 0 Å². The van der Waals surface area contributed by atoms with E-state index in [4.69, 9.17) is 16.7 Å². The van der Waals surface area contributed by atoms with Crippen LogP contribution < -0.4 is 0 Å². The van der Waals surface area contributed by atoms with Gasteiger partial charge in [0.2, 0.25) is 0 Å². The van der Waals surface area contributed by atoms with E-state index in [0.717, 1.165) is 5.56 Å². The third kappa shape index (κ3) is 5.94. The van der Waals surface area contributed by atoms with Gasteiger partial charge in [0.1, 0.15) is 0 Å². The van der Waals surface area contributed by atoms with Crippen LogP contribution in [0.2, 0.25) is 0 Å². The second-order valence-corrected chi connectivity index (χ2v) is 5.36. The number of allylic oxidation sites excluding steroid dienone is 5. The van der Waals surface area contributed by atoms with Gasteiger partial charge >= 0.3 is 0 Å². The van der Waals surface area contributed by atoms with Crippen LogP contribution in [0, 0.1) is 0 Å². The van der Waals surface area contributed by atoms with Gasteiger partial charge in [0.15, 0.2) is 11.6 Å². The lowest BCUT2D eigenvalue weighted by Gasteiger charge is -2.05. The zero-order valence-electron chi connectivity index (χ0n) is 13.0. The van der Waals surface area contributed by atoms with E-state index in [1.165, 1.54) is 26.0 Å². The summed E-state index contributed by atoms with van der Waals surface area (Å²) in [6.07, 6.45) is 6.22. The van der Waals surface area contributed by atoms with E-state index in [-0.39, 0.29) is 30.4 Å². The zero-order valence-corrected chi connectivity index (χ0v) is 13.8. The number of carbonyl (C=O) groups is 2.